The Morgan fingerprint density at radius 1 is 1.10 bits per heavy atom. The molecule has 0 saturated carbocycles. The van der Waals surface area contributed by atoms with Crippen molar-refractivity contribution in [1.29, 1.82) is 0 Å². The van der Waals surface area contributed by atoms with E-state index < -0.39 is 11.1 Å². The zero-order valence-corrected chi connectivity index (χ0v) is 15.6. The average molecular weight is 381 g/mol. The van der Waals surface area contributed by atoms with Crippen molar-refractivity contribution >= 4 is 22.7 Å². The van der Waals surface area contributed by atoms with E-state index in [-0.39, 0.29) is 38.5 Å². The van der Waals surface area contributed by atoms with Crippen molar-refractivity contribution in [3.8, 4) is 0 Å². The van der Waals surface area contributed by atoms with Gasteiger partial charge in [-0.1, -0.05) is 18.2 Å². The molecular weight excluding hydrogens is 365 g/mol. The number of aryl methyl sites for hydroxylation is 2. The van der Waals surface area contributed by atoms with Crippen molar-refractivity contribution in [3.05, 3.63) is 42.0 Å². The molecule has 0 bridgehead atoms. The number of anilines is 2. The van der Waals surface area contributed by atoms with Crippen LogP contribution in [0.15, 0.2) is 30.3 Å². The van der Waals surface area contributed by atoms with Gasteiger partial charge in [-0.05, 0) is 26.0 Å². The van der Waals surface area contributed by atoms with Crippen molar-refractivity contribution in [2.24, 2.45) is 0 Å². The first kappa shape index (κ1) is 18.3. The number of hydrogen-bond donors (Lipinski definition) is 1. The maximum absolute atomic E-state index is 10.9. The second kappa shape index (κ2) is 8.63. The third kappa shape index (κ3) is 5.50. The number of aromatic nitrogens is 3. The Kier molecular flexibility index (Phi) is 7.52. The number of rotatable bonds is 5. The maximum atomic E-state index is 10.9. The third-order valence-corrected chi connectivity index (χ3v) is 3.18. The first-order chi connectivity index (χ1) is 9.56. The topological polar surface area (TPSA) is 79.2 Å². The molecule has 21 heavy (non-hydrogen) atoms. The smallest absolute Gasteiger partial charge is 0.233 e. The first-order valence-electron chi connectivity index (χ1n) is 6.15. The second-order valence-corrected chi connectivity index (χ2v) is 5.29. The molecule has 1 atom stereocenters. The summed E-state index contributed by atoms with van der Waals surface area (Å²) in [6.07, 6.45) is 0. The summed E-state index contributed by atoms with van der Waals surface area (Å²) in [5.41, 5.74) is 0.878. The Morgan fingerprint density at radius 3 is 2.19 bits per heavy atom. The van der Waals surface area contributed by atoms with Crippen LogP contribution in [0.25, 0.3) is 0 Å². The summed E-state index contributed by atoms with van der Waals surface area (Å²) < 4.78 is 19.9. The van der Waals surface area contributed by atoms with E-state index >= 15 is 0 Å². The van der Waals surface area contributed by atoms with E-state index in [9.17, 15) is 4.21 Å². The van der Waals surface area contributed by atoms with Crippen molar-refractivity contribution in [1.82, 2.24) is 15.0 Å². The van der Waals surface area contributed by atoms with Crippen LogP contribution in [0.2, 0.25) is 0 Å². The molecule has 2 rings (SSSR count). The van der Waals surface area contributed by atoms with Crippen LogP contribution < -0.4 is 4.90 Å². The van der Waals surface area contributed by atoms with Gasteiger partial charge in [0, 0.05) is 44.9 Å². The monoisotopic (exact) mass is 381 g/mol. The molecule has 1 heterocycles. The van der Waals surface area contributed by atoms with E-state index in [1.54, 1.807) is 13.8 Å². The van der Waals surface area contributed by atoms with E-state index in [1.807, 2.05) is 35.2 Å². The predicted octanol–water partition coefficient (Wildman–Crippen LogP) is 1.85. The van der Waals surface area contributed by atoms with Gasteiger partial charge in [0.1, 0.15) is 11.6 Å². The minimum atomic E-state index is -1.86. The molecule has 0 spiro atoms. The molecule has 1 unspecified atom stereocenters. The molecule has 0 saturated heterocycles. The minimum Gasteiger partial charge on any atom is -0.309 e. The summed E-state index contributed by atoms with van der Waals surface area (Å²) in [4.78, 5) is 14.6. The number of hydrogen-bond acceptors (Lipinski definition) is 5. The summed E-state index contributed by atoms with van der Waals surface area (Å²) in [5.74, 6) is 1.86. The third-order valence-electron chi connectivity index (χ3n) is 2.65. The Labute approximate surface area is 151 Å². The molecule has 0 fully saturated rings. The van der Waals surface area contributed by atoms with E-state index in [0.717, 1.165) is 5.69 Å². The molecule has 0 aliphatic heterocycles. The van der Waals surface area contributed by atoms with E-state index in [2.05, 4.69) is 15.0 Å². The van der Waals surface area contributed by atoms with Gasteiger partial charge in [-0.15, -0.1) is 0 Å². The Hall–Kier alpha value is -0.756. The molecule has 1 radical (unpaired) electrons. The fraction of sp³-hybridized carbons (Fsp3) is 0.308. The zero-order valence-electron chi connectivity index (χ0n) is 11.9. The van der Waals surface area contributed by atoms with Gasteiger partial charge in [-0.3, -0.25) is 0 Å². The number of nitrogens with zero attached hydrogens (tertiary/aromatic N) is 4. The van der Waals surface area contributed by atoms with E-state index in [0.29, 0.717) is 24.1 Å². The fourth-order valence-corrected chi connectivity index (χ4v) is 2.18. The normalized spacial score (nSPS) is 11.6. The maximum Gasteiger partial charge on any atom is 0.233 e. The van der Waals surface area contributed by atoms with Gasteiger partial charge in [0.2, 0.25) is 5.95 Å². The van der Waals surface area contributed by atoms with Gasteiger partial charge in [-0.25, -0.2) is 9.19 Å². The quantitative estimate of drug-likeness (QED) is 0.797. The van der Waals surface area contributed by atoms with E-state index in [4.69, 9.17) is 4.55 Å². The van der Waals surface area contributed by atoms with Crippen LogP contribution in [-0.4, -0.2) is 36.0 Å². The van der Waals surface area contributed by atoms with Gasteiger partial charge >= 0.3 is 0 Å². The molecule has 8 heteroatoms. The molecular formula is C13H16N4O2SY. The number of benzene rings is 1. The summed E-state index contributed by atoms with van der Waals surface area (Å²) in [7, 11) is 0. The van der Waals surface area contributed by atoms with Crippen LogP contribution in [0, 0.1) is 13.8 Å². The molecule has 6 nitrogen and oxygen atoms in total. The van der Waals surface area contributed by atoms with Crippen molar-refractivity contribution in [2.75, 3.05) is 17.2 Å². The standard InChI is InChI=1S/C13H16N4O2S.Y/c1-10-14-11(2)16-13(15-10)17(8-9-20(18)19)12-6-4-3-5-7-12;/h3-7H,8-9H2,1-2H3,(H,18,19);. The van der Waals surface area contributed by atoms with Crippen LogP contribution in [0.5, 0.6) is 0 Å². The molecule has 0 aliphatic rings. The van der Waals surface area contributed by atoms with Crippen LogP contribution in [-0.2, 0) is 43.8 Å². The minimum absolute atomic E-state index is 0. The Morgan fingerprint density at radius 2 is 1.67 bits per heavy atom. The van der Waals surface area contributed by atoms with Gasteiger partial charge in [-0.2, -0.15) is 9.97 Å². The molecule has 109 valence electrons. The van der Waals surface area contributed by atoms with Crippen molar-refractivity contribution < 1.29 is 41.5 Å². The summed E-state index contributed by atoms with van der Waals surface area (Å²) in [5, 5.41) is 0. The summed E-state index contributed by atoms with van der Waals surface area (Å²) >= 11 is -1.86. The predicted molar refractivity (Wildman–Crippen MR) is 78.4 cm³/mol. The second-order valence-electron chi connectivity index (χ2n) is 4.24. The van der Waals surface area contributed by atoms with Crippen molar-refractivity contribution in [2.45, 2.75) is 13.8 Å². The fourth-order valence-electron chi connectivity index (χ4n) is 1.84. The van der Waals surface area contributed by atoms with Crippen LogP contribution in [0.4, 0.5) is 11.6 Å². The van der Waals surface area contributed by atoms with Gasteiger partial charge in [0.05, 0.1) is 5.75 Å². The first-order valence-corrected chi connectivity index (χ1v) is 7.43. The average Bonchev–Trinajstić information content (AvgIpc) is 2.38. The van der Waals surface area contributed by atoms with Gasteiger partial charge in [0.15, 0.2) is 11.1 Å². The largest absolute Gasteiger partial charge is 0.309 e. The summed E-state index contributed by atoms with van der Waals surface area (Å²) in [6, 6.07) is 9.54. The van der Waals surface area contributed by atoms with Crippen LogP contribution in [0.1, 0.15) is 11.6 Å². The Bertz CT molecular complexity index is 592. The summed E-state index contributed by atoms with van der Waals surface area (Å²) in [6.45, 7) is 3.95. The molecule has 0 aliphatic carbocycles. The molecule has 2 aromatic rings. The molecule has 1 N–H and O–H groups in total. The van der Waals surface area contributed by atoms with E-state index in [1.165, 1.54) is 0 Å². The van der Waals surface area contributed by atoms with Gasteiger partial charge < -0.3 is 9.45 Å². The van der Waals surface area contributed by atoms with Crippen LogP contribution >= 0.6 is 0 Å². The van der Waals surface area contributed by atoms with Gasteiger partial charge in [0.25, 0.3) is 0 Å². The molecule has 1 aromatic heterocycles. The van der Waals surface area contributed by atoms with Crippen LogP contribution in [0.3, 0.4) is 0 Å². The SMILES string of the molecule is Cc1nc(C)nc(N(CCS(=O)O)c2ccccc2)n1.[Y]. The number of para-hydroxylation sites is 1. The molecule has 0 amide bonds. The molecule has 1 aromatic carbocycles. The zero-order chi connectivity index (χ0) is 14.5. The Balaban J connectivity index is 0.00000220. The van der Waals surface area contributed by atoms with Crippen molar-refractivity contribution in [3.63, 3.8) is 0 Å².